The predicted molar refractivity (Wildman–Crippen MR) is 130 cm³/mol. The molecule has 0 aromatic carbocycles. The summed E-state index contributed by atoms with van der Waals surface area (Å²) in [5.41, 5.74) is 0. The van der Waals surface area contributed by atoms with E-state index in [2.05, 4.69) is 18.8 Å². The van der Waals surface area contributed by atoms with Gasteiger partial charge in [-0.15, -0.1) is 0 Å². The van der Waals surface area contributed by atoms with Crippen LogP contribution in [0.4, 0.5) is 0 Å². The lowest BCUT2D eigenvalue weighted by Crippen LogP contribution is -2.30. The molecular formula is C28H45NO3. The first-order chi connectivity index (χ1) is 15.7. The van der Waals surface area contributed by atoms with Gasteiger partial charge in [-0.05, 0) is 68.8 Å². The first-order valence-electron chi connectivity index (χ1n) is 13.5. The molecule has 2 aliphatic rings. The minimum atomic E-state index is -0.0827. The number of carbonyl (C=O) groups is 1. The third-order valence-electron chi connectivity index (χ3n) is 7.80. The molecule has 0 saturated heterocycles. The second kappa shape index (κ2) is 13.9. The van der Waals surface area contributed by atoms with E-state index >= 15 is 0 Å². The zero-order valence-electron chi connectivity index (χ0n) is 20.5. The number of aromatic nitrogens is 1. The smallest absolute Gasteiger partial charge is 0.314 e. The highest BCUT2D eigenvalue weighted by Gasteiger charge is 2.33. The maximum Gasteiger partial charge on any atom is 0.314 e. The molecule has 0 bridgehead atoms. The summed E-state index contributed by atoms with van der Waals surface area (Å²) in [7, 11) is 0. The average Bonchev–Trinajstić information content (AvgIpc) is 2.84. The van der Waals surface area contributed by atoms with Crippen molar-refractivity contribution in [3.05, 3.63) is 18.3 Å². The Morgan fingerprint density at radius 2 is 1.56 bits per heavy atom. The number of hydrogen-bond acceptors (Lipinski definition) is 4. The predicted octanol–water partition coefficient (Wildman–Crippen LogP) is 7.75. The van der Waals surface area contributed by atoms with Gasteiger partial charge in [-0.25, -0.2) is 4.98 Å². The lowest BCUT2D eigenvalue weighted by Gasteiger charge is -2.37. The van der Waals surface area contributed by atoms with E-state index in [9.17, 15) is 4.79 Å². The number of unbranched alkanes of at least 4 members (excludes halogenated alkanes) is 4. The minimum Gasteiger partial charge on any atom is -0.478 e. The van der Waals surface area contributed by atoms with Crippen LogP contribution in [0.2, 0.25) is 0 Å². The molecule has 2 aliphatic carbocycles. The Kier molecular flexibility index (Phi) is 10.8. The minimum absolute atomic E-state index is 0.0432. The first-order valence-corrected chi connectivity index (χ1v) is 13.5. The van der Waals surface area contributed by atoms with Crippen LogP contribution in [0.25, 0.3) is 0 Å². The van der Waals surface area contributed by atoms with Crippen LogP contribution in [-0.4, -0.2) is 17.6 Å². The molecule has 180 valence electrons. The number of carbonyl (C=O) groups excluding carboxylic acids is 1. The second-order valence-electron chi connectivity index (χ2n) is 10.2. The van der Waals surface area contributed by atoms with E-state index in [-0.39, 0.29) is 11.9 Å². The molecule has 4 nitrogen and oxygen atoms in total. The molecule has 1 aromatic heterocycles. The second-order valence-corrected chi connectivity index (χ2v) is 10.2. The van der Waals surface area contributed by atoms with Crippen LogP contribution in [0.5, 0.6) is 11.6 Å². The van der Waals surface area contributed by atoms with Gasteiger partial charge in [-0.2, -0.15) is 0 Å². The number of esters is 1. The summed E-state index contributed by atoms with van der Waals surface area (Å²) in [5, 5.41) is 0. The molecule has 0 N–H and O–H groups in total. The molecule has 1 aromatic rings. The highest BCUT2D eigenvalue weighted by molar-refractivity contribution is 5.75. The van der Waals surface area contributed by atoms with Crippen LogP contribution >= 0.6 is 0 Å². The van der Waals surface area contributed by atoms with Gasteiger partial charge >= 0.3 is 5.97 Å². The van der Waals surface area contributed by atoms with Crippen LogP contribution in [0.15, 0.2) is 18.3 Å². The normalized spacial score (nSPS) is 25.9. The van der Waals surface area contributed by atoms with Gasteiger partial charge in [0.25, 0.3) is 0 Å². The van der Waals surface area contributed by atoms with E-state index in [1.165, 1.54) is 70.6 Å². The van der Waals surface area contributed by atoms with Gasteiger partial charge in [0.15, 0.2) is 0 Å². The monoisotopic (exact) mass is 443 g/mol. The van der Waals surface area contributed by atoms with E-state index in [1.807, 2.05) is 0 Å². The molecular weight excluding hydrogens is 398 g/mol. The van der Waals surface area contributed by atoms with Gasteiger partial charge in [-0.3, -0.25) is 4.79 Å². The van der Waals surface area contributed by atoms with E-state index in [1.54, 1.807) is 18.3 Å². The van der Waals surface area contributed by atoms with Gasteiger partial charge < -0.3 is 9.47 Å². The van der Waals surface area contributed by atoms with Crippen LogP contribution in [0, 0.1) is 23.7 Å². The summed E-state index contributed by atoms with van der Waals surface area (Å²) in [4.78, 5) is 16.9. The largest absolute Gasteiger partial charge is 0.478 e. The van der Waals surface area contributed by atoms with Crippen molar-refractivity contribution in [1.29, 1.82) is 0 Å². The fourth-order valence-electron chi connectivity index (χ4n) is 5.67. The van der Waals surface area contributed by atoms with Crippen LogP contribution in [-0.2, 0) is 4.79 Å². The van der Waals surface area contributed by atoms with E-state index < -0.39 is 0 Å². The molecule has 0 spiro atoms. The summed E-state index contributed by atoms with van der Waals surface area (Å²) in [6.45, 7) is 5.10. The topological polar surface area (TPSA) is 48.4 Å². The molecule has 2 fully saturated rings. The zero-order valence-corrected chi connectivity index (χ0v) is 20.5. The molecule has 1 heterocycles. The first kappa shape index (κ1) is 25.1. The van der Waals surface area contributed by atoms with E-state index in [0.29, 0.717) is 18.2 Å². The summed E-state index contributed by atoms with van der Waals surface area (Å²) >= 11 is 0. The zero-order chi connectivity index (χ0) is 22.6. The van der Waals surface area contributed by atoms with Crippen molar-refractivity contribution in [2.24, 2.45) is 23.7 Å². The number of ether oxygens (including phenoxy) is 2. The van der Waals surface area contributed by atoms with Crippen molar-refractivity contribution in [2.75, 3.05) is 6.61 Å². The molecule has 32 heavy (non-hydrogen) atoms. The van der Waals surface area contributed by atoms with Gasteiger partial charge in [0.1, 0.15) is 5.75 Å². The number of nitrogens with zero attached hydrogens (tertiary/aromatic N) is 1. The number of pyridine rings is 1. The third-order valence-corrected chi connectivity index (χ3v) is 7.80. The molecule has 0 amide bonds. The Hall–Kier alpha value is -1.58. The fourth-order valence-corrected chi connectivity index (χ4v) is 5.67. The molecule has 3 rings (SSSR count). The van der Waals surface area contributed by atoms with Gasteiger partial charge in [0, 0.05) is 6.07 Å². The van der Waals surface area contributed by atoms with Gasteiger partial charge in [0.05, 0.1) is 18.7 Å². The number of hydrogen-bond donors (Lipinski definition) is 0. The van der Waals surface area contributed by atoms with Crippen molar-refractivity contribution in [1.82, 2.24) is 4.98 Å². The van der Waals surface area contributed by atoms with Crippen molar-refractivity contribution >= 4 is 5.97 Å². The van der Waals surface area contributed by atoms with Crippen molar-refractivity contribution in [3.63, 3.8) is 0 Å². The van der Waals surface area contributed by atoms with Crippen LogP contribution < -0.4 is 9.47 Å². The molecule has 0 aliphatic heterocycles. The summed E-state index contributed by atoms with van der Waals surface area (Å²) in [5.74, 6) is 3.77. The maximum absolute atomic E-state index is 12.7. The lowest BCUT2D eigenvalue weighted by atomic mass is 9.68. The van der Waals surface area contributed by atoms with Crippen molar-refractivity contribution < 1.29 is 14.3 Å². The Labute approximate surface area is 195 Å². The standard InChI is InChI=1S/C28H45NO3/c1-3-5-7-8-9-22-10-12-23(13-11-22)24-14-16-25(17-15-24)28(30)32-26-18-19-27(29-21-26)31-20-6-4-2/h18-19,21-25H,3-17,20H2,1-2H3/t22-,23-,24-,25-. The quantitative estimate of drug-likeness (QED) is 0.245. The van der Waals surface area contributed by atoms with Gasteiger partial charge in [-0.1, -0.05) is 65.2 Å². The Morgan fingerprint density at radius 3 is 2.19 bits per heavy atom. The SMILES string of the molecule is CCCCCC[C@H]1CC[C@H]([C@H]2CC[C@H](C(=O)Oc3ccc(OCCCC)nc3)CC2)CC1. The van der Waals surface area contributed by atoms with Gasteiger partial charge in [0.2, 0.25) is 5.88 Å². The average molecular weight is 444 g/mol. The van der Waals surface area contributed by atoms with Crippen molar-refractivity contribution in [3.8, 4) is 11.6 Å². The third kappa shape index (κ3) is 8.08. The van der Waals surface area contributed by atoms with Crippen LogP contribution in [0.3, 0.4) is 0 Å². The molecule has 0 unspecified atom stereocenters. The number of rotatable bonds is 12. The summed E-state index contributed by atoms with van der Waals surface area (Å²) < 4.78 is 11.2. The fraction of sp³-hybridized carbons (Fsp3) is 0.786. The van der Waals surface area contributed by atoms with Crippen molar-refractivity contribution in [2.45, 2.75) is 110 Å². The van der Waals surface area contributed by atoms with E-state index in [4.69, 9.17) is 9.47 Å². The Bertz CT molecular complexity index is 643. The molecule has 0 atom stereocenters. The van der Waals surface area contributed by atoms with E-state index in [0.717, 1.165) is 43.4 Å². The Morgan fingerprint density at radius 1 is 0.875 bits per heavy atom. The highest BCUT2D eigenvalue weighted by Crippen LogP contribution is 2.42. The Balaban J connectivity index is 1.33. The molecule has 4 heteroatoms. The maximum atomic E-state index is 12.7. The highest BCUT2D eigenvalue weighted by atomic mass is 16.5. The summed E-state index contributed by atoms with van der Waals surface area (Å²) in [6, 6.07) is 3.58. The lowest BCUT2D eigenvalue weighted by molar-refractivity contribution is -0.140. The summed E-state index contributed by atoms with van der Waals surface area (Å²) in [6.07, 6.45) is 20.8. The molecule has 2 saturated carbocycles. The molecule has 0 radical (unpaired) electrons. The van der Waals surface area contributed by atoms with Crippen LogP contribution in [0.1, 0.15) is 110 Å².